The van der Waals surface area contributed by atoms with Gasteiger partial charge in [0.15, 0.2) is 5.96 Å². The summed E-state index contributed by atoms with van der Waals surface area (Å²) in [4.78, 5) is 6.23. The van der Waals surface area contributed by atoms with Crippen LogP contribution in [0.3, 0.4) is 0 Å². The Morgan fingerprint density at radius 2 is 2.07 bits per heavy atom. The Balaban J connectivity index is 0.00000392. The summed E-state index contributed by atoms with van der Waals surface area (Å²) < 4.78 is 32.6. The molecular formula is C19H33IN4O3S. The third-order valence-electron chi connectivity index (χ3n) is 4.70. The first-order valence-corrected chi connectivity index (χ1v) is 11.1. The van der Waals surface area contributed by atoms with E-state index in [4.69, 9.17) is 4.74 Å². The lowest BCUT2D eigenvalue weighted by Crippen LogP contribution is -2.43. The van der Waals surface area contributed by atoms with Crippen LogP contribution < -0.4 is 10.0 Å². The lowest BCUT2D eigenvalue weighted by atomic mass is 10.1. The number of benzene rings is 1. The van der Waals surface area contributed by atoms with Gasteiger partial charge in [-0.05, 0) is 37.3 Å². The molecule has 0 saturated carbocycles. The van der Waals surface area contributed by atoms with Crippen molar-refractivity contribution in [3.05, 3.63) is 35.4 Å². The average Bonchev–Trinajstić information content (AvgIpc) is 2.66. The van der Waals surface area contributed by atoms with Gasteiger partial charge < -0.3 is 15.0 Å². The van der Waals surface area contributed by atoms with Crippen molar-refractivity contribution in [3.63, 3.8) is 0 Å². The van der Waals surface area contributed by atoms with Gasteiger partial charge in [-0.3, -0.25) is 4.99 Å². The van der Waals surface area contributed by atoms with Crippen LogP contribution >= 0.6 is 24.0 Å². The number of hydrogen-bond acceptors (Lipinski definition) is 4. The second-order valence-corrected chi connectivity index (χ2v) is 8.84. The van der Waals surface area contributed by atoms with E-state index < -0.39 is 10.0 Å². The van der Waals surface area contributed by atoms with Gasteiger partial charge in [0.05, 0.1) is 11.9 Å². The number of ether oxygens (including phenoxy) is 1. The molecule has 1 aromatic carbocycles. The van der Waals surface area contributed by atoms with Crippen LogP contribution in [0.5, 0.6) is 0 Å². The number of nitrogens with one attached hydrogen (secondary N) is 2. The Bertz CT molecular complexity index is 722. The molecule has 160 valence electrons. The minimum atomic E-state index is -3.34. The molecule has 1 aromatic rings. The monoisotopic (exact) mass is 524 g/mol. The SMILES string of the molecule is CN=C(NCCS(=O)(=O)NCC1CCCCO1)N(C)Cc1ccccc1C.I. The highest BCUT2D eigenvalue weighted by molar-refractivity contribution is 14.0. The summed E-state index contributed by atoms with van der Waals surface area (Å²) in [5.41, 5.74) is 2.43. The summed E-state index contributed by atoms with van der Waals surface area (Å²) >= 11 is 0. The lowest BCUT2D eigenvalue weighted by molar-refractivity contribution is 0.0200. The Morgan fingerprint density at radius 1 is 1.32 bits per heavy atom. The van der Waals surface area contributed by atoms with Crippen molar-refractivity contribution in [3.8, 4) is 0 Å². The quantitative estimate of drug-likeness (QED) is 0.309. The van der Waals surface area contributed by atoms with Crippen molar-refractivity contribution in [2.24, 2.45) is 4.99 Å². The van der Waals surface area contributed by atoms with Gasteiger partial charge in [-0.2, -0.15) is 0 Å². The van der Waals surface area contributed by atoms with Crippen molar-refractivity contribution >= 4 is 40.0 Å². The van der Waals surface area contributed by atoms with E-state index in [-0.39, 0.29) is 35.8 Å². The predicted molar refractivity (Wildman–Crippen MR) is 125 cm³/mol. The standard InChI is InChI=1S/C19H32N4O3S.HI/c1-16-8-4-5-9-17(16)15-23(3)19(20-2)21-11-13-27(24,25)22-14-18-10-6-7-12-26-18;/h4-5,8-9,18,22H,6-7,10-15H2,1-3H3,(H,20,21);1H. The number of aliphatic imine (C=N–C) groups is 1. The first kappa shape index (κ1) is 25.1. The van der Waals surface area contributed by atoms with E-state index in [1.54, 1.807) is 7.05 Å². The first-order chi connectivity index (χ1) is 12.9. The second-order valence-electron chi connectivity index (χ2n) is 6.91. The fourth-order valence-electron chi connectivity index (χ4n) is 3.06. The minimum absolute atomic E-state index is 0. The molecule has 1 unspecified atom stereocenters. The van der Waals surface area contributed by atoms with Crippen LogP contribution in [0.1, 0.15) is 30.4 Å². The number of halogens is 1. The molecule has 1 saturated heterocycles. The zero-order valence-electron chi connectivity index (χ0n) is 17.0. The normalized spacial score (nSPS) is 17.7. The van der Waals surface area contributed by atoms with Gasteiger partial charge in [-0.15, -0.1) is 24.0 Å². The number of hydrogen-bond donors (Lipinski definition) is 2. The van der Waals surface area contributed by atoms with E-state index in [0.717, 1.165) is 25.9 Å². The Kier molecular flexibility index (Phi) is 11.3. The fraction of sp³-hybridized carbons (Fsp3) is 0.632. The molecule has 0 radical (unpaired) electrons. The first-order valence-electron chi connectivity index (χ1n) is 9.46. The molecule has 0 aliphatic carbocycles. The number of rotatable bonds is 8. The summed E-state index contributed by atoms with van der Waals surface area (Å²) in [5.74, 6) is 0.667. The zero-order valence-corrected chi connectivity index (χ0v) is 20.1. The number of aryl methyl sites for hydroxylation is 1. The minimum Gasteiger partial charge on any atom is -0.377 e. The van der Waals surface area contributed by atoms with Gasteiger partial charge in [0.1, 0.15) is 0 Å². The van der Waals surface area contributed by atoms with Gasteiger partial charge in [0.25, 0.3) is 0 Å². The van der Waals surface area contributed by atoms with E-state index >= 15 is 0 Å². The summed E-state index contributed by atoms with van der Waals surface area (Å²) in [5, 5.41) is 3.13. The van der Waals surface area contributed by atoms with Crippen molar-refractivity contribution in [1.29, 1.82) is 0 Å². The van der Waals surface area contributed by atoms with Crippen LogP contribution in [-0.4, -0.2) is 64.9 Å². The number of nitrogens with zero attached hydrogens (tertiary/aromatic N) is 2. The molecule has 7 nitrogen and oxygen atoms in total. The Labute approximate surface area is 186 Å². The summed E-state index contributed by atoms with van der Waals surface area (Å²) in [6.07, 6.45) is 3.06. The van der Waals surface area contributed by atoms with Crippen molar-refractivity contribution in [2.45, 2.75) is 38.8 Å². The van der Waals surface area contributed by atoms with Crippen LogP contribution in [0.4, 0.5) is 0 Å². The summed E-state index contributed by atoms with van der Waals surface area (Å²) in [6, 6.07) is 8.19. The van der Waals surface area contributed by atoms with E-state index in [0.29, 0.717) is 25.6 Å². The molecule has 2 N–H and O–H groups in total. The predicted octanol–water partition coefficient (Wildman–Crippen LogP) is 2.11. The van der Waals surface area contributed by atoms with Crippen molar-refractivity contribution in [1.82, 2.24) is 14.9 Å². The molecule has 0 amide bonds. The van der Waals surface area contributed by atoms with Gasteiger partial charge >= 0.3 is 0 Å². The smallest absolute Gasteiger partial charge is 0.213 e. The summed E-state index contributed by atoms with van der Waals surface area (Å²) in [7, 11) is 0.296. The van der Waals surface area contributed by atoms with E-state index in [9.17, 15) is 8.42 Å². The van der Waals surface area contributed by atoms with Crippen molar-refractivity contribution in [2.75, 3.05) is 39.5 Å². The van der Waals surface area contributed by atoms with Gasteiger partial charge in [0, 0.05) is 40.3 Å². The molecule has 9 heteroatoms. The topological polar surface area (TPSA) is 83.0 Å². The molecule has 0 spiro atoms. The van der Waals surface area contributed by atoms with Crippen LogP contribution in [-0.2, 0) is 21.3 Å². The van der Waals surface area contributed by atoms with Gasteiger partial charge in [-0.25, -0.2) is 13.1 Å². The molecule has 0 bridgehead atoms. The van der Waals surface area contributed by atoms with Gasteiger partial charge in [0.2, 0.25) is 10.0 Å². The highest BCUT2D eigenvalue weighted by Crippen LogP contribution is 2.12. The highest BCUT2D eigenvalue weighted by atomic mass is 127. The van der Waals surface area contributed by atoms with E-state index in [1.165, 1.54) is 11.1 Å². The van der Waals surface area contributed by atoms with Crippen LogP contribution in [0.25, 0.3) is 0 Å². The number of sulfonamides is 1. The largest absolute Gasteiger partial charge is 0.377 e. The molecule has 1 fully saturated rings. The molecular weight excluding hydrogens is 491 g/mol. The molecule has 28 heavy (non-hydrogen) atoms. The van der Waals surface area contributed by atoms with E-state index in [1.807, 2.05) is 24.1 Å². The third-order valence-corrected chi connectivity index (χ3v) is 6.05. The van der Waals surface area contributed by atoms with Crippen LogP contribution in [0, 0.1) is 6.92 Å². The maximum Gasteiger partial charge on any atom is 0.213 e. The molecule has 1 heterocycles. The number of guanidine groups is 1. The molecule has 2 rings (SSSR count). The molecule has 1 aliphatic heterocycles. The Morgan fingerprint density at radius 3 is 2.71 bits per heavy atom. The second kappa shape index (κ2) is 12.6. The fourth-order valence-corrected chi connectivity index (χ4v) is 4.02. The maximum absolute atomic E-state index is 12.2. The van der Waals surface area contributed by atoms with E-state index in [2.05, 4.69) is 34.1 Å². The van der Waals surface area contributed by atoms with Gasteiger partial charge in [-0.1, -0.05) is 24.3 Å². The third kappa shape index (κ3) is 8.62. The Hall–Kier alpha value is -0.910. The highest BCUT2D eigenvalue weighted by Gasteiger charge is 2.18. The summed E-state index contributed by atoms with van der Waals surface area (Å²) in [6.45, 7) is 4.15. The zero-order chi connectivity index (χ0) is 19.7. The van der Waals surface area contributed by atoms with Crippen molar-refractivity contribution < 1.29 is 13.2 Å². The molecule has 1 aliphatic rings. The lowest BCUT2D eigenvalue weighted by Gasteiger charge is -2.24. The molecule has 1 atom stereocenters. The molecule has 0 aromatic heterocycles. The van der Waals surface area contributed by atoms with Crippen LogP contribution in [0.2, 0.25) is 0 Å². The average molecular weight is 524 g/mol. The van der Waals surface area contributed by atoms with Crippen LogP contribution in [0.15, 0.2) is 29.3 Å². The maximum atomic E-state index is 12.2.